The number of aliphatic imine (C=N–C) groups is 1. The van der Waals surface area contributed by atoms with Gasteiger partial charge in [-0.15, -0.1) is 0 Å². The van der Waals surface area contributed by atoms with E-state index in [1.165, 1.54) is 7.11 Å². The van der Waals surface area contributed by atoms with Gasteiger partial charge in [0.05, 0.1) is 13.7 Å². The highest BCUT2D eigenvalue weighted by molar-refractivity contribution is 5.79. The monoisotopic (exact) mass is 349 g/mol. The zero-order valence-corrected chi connectivity index (χ0v) is 15.7. The van der Waals surface area contributed by atoms with Gasteiger partial charge in [0.15, 0.2) is 5.96 Å². The molecule has 0 spiro atoms. The fourth-order valence-electron chi connectivity index (χ4n) is 2.36. The van der Waals surface area contributed by atoms with Crippen molar-refractivity contribution < 1.29 is 14.3 Å². The van der Waals surface area contributed by atoms with Crippen molar-refractivity contribution in [3.63, 3.8) is 0 Å². The fraction of sp³-hybridized carbons (Fsp3) is 0.579. The Morgan fingerprint density at radius 2 is 1.88 bits per heavy atom. The van der Waals surface area contributed by atoms with Crippen molar-refractivity contribution >= 4 is 11.9 Å². The first-order valence-corrected chi connectivity index (χ1v) is 8.83. The first kappa shape index (κ1) is 20.8. The van der Waals surface area contributed by atoms with E-state index in [0.29, 0.717) is 13.0 Å². The second kappa shape index (κ2) is 13.1. The van der Waals surface area contributed by atoms with E-state index in [1.807, 2.05) is 37.4 Å². The Morgan fingerprint density at radius 1 is 1.16 bits per heavy atom. The van der Waals surface area contributed by atoms with Crippen LogP contribution in [0, 0.1) is 0 Å². The van der Waals surface area contributed by atoms with Crippen molar-refractivity contribution in [1.82, 2.24) is 10.2 Å². The molecule has 0 unspecified atom stereocenters. The number of rotatable bonds is 11. The van der Waals surface area contributed by atoms with E-state index in [9.17, 15) is 4.79 Å². The molecule has 1 N–H and O–H groups in total. The lowest BCUT2D eigenvalue weighted by Crippen LogP contribution is -2.41. The van der Waals surface area contributed by atoms with Crippen LogP contribution in [0.25, 0.3) is 0 Å². The molecule has 1 rings (SSSR count). The summed E-state index contributed by atoms with van der Waals surface area (Å²) in [7, 11) is 5.21. The lowest BCUT2D eigenvalue weighted by molar-refractivity contribution is -0.140. The standard InChI is InChI=1S/C19H31N3O3/c1-20-19(21-14-10-5-4-9-13-18(23)24-3)22(2)15-16-25-17-11-7-6-8-12-17/h6-8,11-12H,4-5,9-10,13-16H2,1-3H3,(H,20,21). The minimum Gasteiger partial charge on any atom is -0.492 e. The van der Waals surface area contributed by atoms with Gasteiger partial charge in [0.1, 0.15) is 12.4 Å². The number of unbranched alkanes of at least 4 members (excludes halogenated alkanes) is 3. The first-order valence-electron chi connectivity index (χ1n) is 8.83. The lowest BCUT2D eigenvalue weighted by Gasteiger charge is -2.22. The maximum absolute atomic E-state index is 11.0. The molecule has 0 saturated heterocycles. The summed E-state index contributed by atoms with van der Waals surface area (Å²) in [6.45, 7) is 2.23. The number of para-hydroxylation sites is 1. The molecular formula is C19H31N3O3. The Labute approximate surface area is 151 Å². The Balaban J connectivity index is 2.11. The molecule has 25 heavy (non-hydrogen) atoms. The summed E-state index contributed by atoms with van der Waals surface area (Å²) in [5, 5.41) is 3.36. The fourth-order valence-corrected chi connectivity index (χ4v) is 2.36. The Bertz CT molecular complexity index is 506. The summed E-state index contributed by atoms with van der Waals surface area (Å²) in [5.74, 6) is 1.62. The minimum absolute atomic E-state index is 0.127. The van der Waals surface area contributed by atoms with Crippen LogP contribution in [0.4, 0.5) is 0 Å². The SMILES string of the molecule is CN=C(NCCCCCCC(=O)OC)N(C)CCOc1ccccc1. The van der Waals surface area contributed by atoms with E-state index in [-0.39, 0.29) is 5.97 Å². The number of hydrogen-bond acceptors (Lipinski definition) is 4. The molecule has 0 saturated carbocycles. The summed E-state index contributed by atoms with van der Waals surface area (Å²) in [5.41, 5.74) is 0. The number of nitrogens with zero attached hydrogens (tertiary/aromatic N) is 2. The van der Waals surface area contributed by atoms with Crippen LogP contribution in [0.3, 0.4) is 0 Å². The van der Waals surface area contributed by atoms with Crippen LogP contribution in [0.15, 0.2) is 35.3 Å². The Hall–Kier alpha value is -2.24. The second-order valence-corrected chi connectivity index (χ2v) is 5.80. The van der Waals surface area contributed by atoms with Gasteiger partial charge >= 0.3 is 5.97 Å². The molecule has 0 aliphatic heterocycles. The minimum atomic E-state index is -0.127. The van der Waals surface area contributed by atoms with Crippen molar-refractivity contribution in [2.75, 3.05) is 40.9 Å². The second-order valence-electron chi connectivity index (χ2n) is 5.80. The van der Waals surface area contributed by atoms with Crippen LogP contribution >= 0.6 is 0 Å². The van der Waals surface area contributed by atoms with Gasteiger partial charge in [0.25, 0.3) is 0 Å². The topological polar surface area (TPSA) is 63.2 Å². The van der Waals surface area contributed by atoms with E-state index in [0.717, 1.165) is 50.5 Å². The zero-order valence-electron chi connectivity index (χ0n) is 15.7. The van der Waals surface area contributed by atoms with Crippen LogP contribution < -0.4 is 10.1 Å². The van der Waals surface area contributed by atoms with Gasteiger partial charge in [0.2, 0.25) is 0 Å². The average Bonchev–Trinajstić information content (AvgIpc) is 2.64. The predicted molar refractivity (Wildman–Crippen MR) is 101 cm³/mol. The highest BCUT2D eigenvalue weighted by Crippen LogP contribution is 2.08. The summed E-state index contributed by atoms with van der Waals surface area (Å²) >= 11 is 0. The van der Waals surface area contributed by atoms with E-state index in [4.69, 9.17) is 4.74 Å². The van der Waals surface area contributed by atoms with Gasteiger partial charge in [-0.05, 0) is 25.0 Å². The number of methoxy groups -OCH3 is 1. The highest BCUT2D eigenvalue weighted by atomic mass is 16.5. The molecule has 1 aromatic carbocycles. The Morgan fingerprint density at radius 3 is 2.56 bits per heavy atom. The normalized spacial score (nSPS) is 11.1. The summed E-state index contributed by atoms with van der Waals surface area (Å²) in [6, 6.07) is 9.80. The van der Waals surface area contributed by atoms with E-state index < -0.39 is 0 Å². The van der Waals surface area contributed by atoms with Gasteiger partial charge in [0, 0.05) is 27.1 Å². The number of nitrogens with one attached hydrogen (secondary N) is 1. The lowest BCUT2D eigenvalue weighted by atomic mass is 10.1. The van der Waals surface area contributed by atoms with Gasteiger partial charge in [-0.25, -0.2) is 0 Å². The molecule has 0 bridgehead atoms. The van der Waals surface area contributed by atoms with Crippen LogP contribution in [-0.2, 0) is 9.53 Å². The molecule has 6 heteroatoms. The number of guanidine groups is 1. The van der Waals surface area contributed by atoms with Crippen molar-refractivity contribution in [1.29, 1.82) is 0 Å². The molecule has 6 nitrogen and oxygen atoms in total. The molecule has 0 radical (unpaired) electrons. The van der Waals surface area contributed by atoms with Gasteiger partial charge in [-0.3, -0.25) is 9.79 Å². The molecular weight excluding hydrogens is 318 g/mol. The molecule has 0 aliphatic rings. The molecule has 140 valence electrons. The number of ether oxygens (including phenoxy) is 2. The molecule has 0 fully saturated rings. The number of likely N-dealkylation sites (N-methyl/N-ethyl adjacent to an activating group) is 1. The van der Waals surface area contributed by atoms with E-state index in [1.54, 1.807) is 7.05 Å². The van der Waals surface area contributed by atoms with Crippen LogP contribution in [0.5, 0.6) is 5.75 Å². The number of carbonyl (C=O) groups excluding carboxylic acids is 1. The maximum atomic E-state index is 11.0. The number of esters is 1. The largest absolute Gasteiger partial charge is 0.492 e. The van der Waals surface area contributed by atoms with Crippen LogP contribution in [-0.4, -0.2) is 57.7 Å². The van der Waals surface area contributed by atoms with Crippen LogP contribution in [0.1, 0.15) is 32.1 Å². The molecule has 0 atom stereocenters. The summed E-state index contributed by atoms with van der Waals surface area (Å²) in [6.07, 6.45) is 4.57. The third kappa shape index (κ3) is 9.59. The third-order valence-corrected chi connectivity index (χ3v) is 3.83. The van der Waals surface area contributed by atoms with E-state index in [2.05, 4.69) is 19.9 Å². The smallest absolute Gasteiger partial charge is 0.305 e. The summed E-state index contributed by atoms with van der Waals surface area (Å²) in [4.78, 5) is 17.4. The summed E-state index contributed by atoms with van der Waals surface area (Å²) < 4.78 is 10.3. The van der Waals surface area contributed by atoms with Gasteiger partial charge in [-0.1, -0.05) is 31.0 Å². The molecule has 0 aliphatic carbocycles. The van der Waals surface area contributed by atoms with Crippen molar-refractivity contribution in [2.24, 2.45) is 4.99 Å². The molecule has 0 amide bonds. The molecule has 0 aromatic heterocycles. The zero-order chi connectivity index (χ0) is 18.3. The maximum Gasteiger partial charge on any atom is 0.305 e. The van der Waals surface area contributed by atoms with Gasteiger partial charge < -0.3 is 19.7 Å². The van der Waals surface area contributed by atoms with Crippen molar-refractivity contribution in [3.8, 4) is 5.75 Å². The van der Waals surface area contributed by atoms with Crippen LogP contribution in [0.2, 0.25) is 0 Å². The average molecular weight is 349 g/mol. The molecule has 1 aromatic rings. The highest BCUT2D eigenvalue weighted by Gasteiger charge is 2.05. The molecule has 0 heterocycles. The van der Waals surface area contributed by atoms with Gasteiger partial charge in [-0.2, -0.15) is 0 Å². The number of benzene rings is 1. The van der Waals surface area contributed by atoms with E-state index >= 15 is 0 Å². The van der Waals surface area contributed by atoms with Crippen molar-refractivity contribution in [2.45, 2.75) is 32.1 Å². The number of hydrogen-bond donors (Lipinski definition) is 1. The predicted octanol–water partition coefficient (Wildman–Crippen LogP) is 2.70. The Kier molecular flexibility index (Phi) is 10.9. The number of carbonyl (C=O) groups is 1. The first-order chi connectivity index (χ1) is 12.2. The third-order valence-electron chi connectivity index (χ3n) is 3.83. The van der Waals surface area contributed by atoms with Crippen molar-refractivity contribution in [3.05, 3.63) is 30.3 Å². The quantitative estimate of drug-likeness (QED) is 0.288.